The number of hydrogen-bond acceptors (Lipinski definition) is 4. The van der Waals surface area contributed by atoms with Gasteiger partial charge in [0.15, 0.2) is 0 Å². The average molecular weight is 385 g/mol. The van der Waals surface area contributed by atoms with Crippen molar-refractivity contribution in [2.45, 2.75) is 4.90 Å². The lowest BCUT2D eigenvalue weighted by atomic mass is 10.2. The molecule has 118 valence electrons. The molecule has 0 bridgehead atoms. The molecule has 0 aromatic heterocycles. The third kappa shape index (κ3) is 5.48. The van der Waals surface area contributed by atoms with Crippen molar-refractivity contribution in [2.24, 2.45) is 0 Å². The molecular weight excluding hydrogens is 375 g/mol. The Bertz CT molecular complexity index is 873. The fourth-order valence-corrected chi connectivity index (χ4v) is 3.41. The van der Waals surface area contributed by atoms with Gasteiger partial charge in [-0.15, -0.1) is 0 Å². The van der Waals surface area contributed by atoms with E-state index >= 15 is 0 Å². The summed E-state index contributed by atoms with van der Waals surface area (Å²) in [6.07, 6.45) is 1.45. The molecule has 0 heterocycles. The van der Waals surface area contributed by atoms with Crippen LogP contribution in [0.1, 0.15) is 5.56 Å². The zero-order valence-electron chi connectivity index (χ0n) is 11.5. The topological polar surface area (TPSA) is 70.0 Å². The van der Waals surface area contributed by atoms with E-state index in [1.54, 1.807) is 30.3 Å². The van der Waals surface area contributed by atoms with Gasteiger partial charge < -0.3 is 0 Å². The van der Waals surface area contributed by atoms with E-state index in [-0.39, 0.29) is 10.7 Å². The molecule has 8 heteroatoms. The quantitative estimate of drug-likeness (QED) is 0.582. The van der Waals surface area contributed by atoms with Crippen LogP contribution >= 0.6 is 35.0 Å². The van der Waals surface area contributed by atoms with Crippen LogP contribution in [-0.2, 0) is 10.0 Å². The Morgan fingerprint density at radius 1 is 1.13 bits per heavy atom. The predicted octanol–water partition coefficient (Wildman–Crippen LogP) is 4.98. The number of thiocyanates is 1. The van der Waals surface area contributed by atoms with E-state index < -0.39 is 10.0 Å². The molecular formula is C15H10Cl2N2O2S2. The first-order valence-corrected chi connectivity index (χ1v) is 9.33. The van der Waals surface area contributed by atoms with E-state index in [0.717, 1.165) is 17.2 Å². The second-order valence-electron chi connectivity index (χ2n) is 4.34. The highest BCUT2D eigenvalue weighted by Gasteiger charge is 2.09. The van der Waals surface area contributed by atoms with E-state index in [4.69, 9.17) is 28.5 Å². The lowest BCUT2D eigenvalue weighted by Gasteiger charge is -2.07. The molecule has 0 saturated carbocycles. The van der Waals surface area contributed by atoms with Gasteiger partial charge in [0, 0.05) is 9.92 Å². The third-order valence-electron chi connectivity index (χ3n) is 2.67. The number of nitrogens with zero attached hydrogens (tertiary/aromatic N) is 1. The fraction of sp³-hybridized carbons (Fsp3) is 0. The monoisotopic (exact) mass is 384 g/mol. The van der Waals surface area contributed by atoms with E-state index in [2.05, 4.69) is 4.72 Å². The van der Waals surface area contributed by atoms with Crippen molar-refractivity contribution in [3.63, 3.8) is 0 Å². The third-order valence-corrected chi connectivity index (χ3v) is 4.81. The first-order valence-electron chi connectivity index (χ1n) is 6.21. The summed E-state index contributed by atoms with van der Waals surface area (Å²) in [6.45, 7) is 0. The summed E-state index contributed by atoms with van der Waals surface area (Å²) in [5.74, 6) is 0. The van der Waals surface area contributed by atoms with Gasteiger partial charge in [0.05, 0.1) is 16.1 Å². The van der Waals surface area contributed by atoms with Crippen molar-refractivity contribution in [1.82, 2.24) is 0 Å². The van der Waals surface area contributed by atoms with Crippen molar-refractivity contribution >= 4 is 56.8 Å². The molecule has 2 aromatic carbocycles. The zero-order valence-corrected chi connectivity index (χ0v) is 14.7. The first-order chi connectivity index (χ1) is 10.9. The van der Waals surface area contributed by atoms with Gasteiger partial charge in [-0.3, -0.25) is 4.72 Å². The normalized spacial score (nSPS) is 11.3. The Morgan fingerprint density at radius 3 is 2.43 bits per heavy atom. The average Bonchev–Trinajstić information content (AvgIpc) is 2.50. The number of sulfonamides is 1. The molecule has 0 unspecified atom stereocenters. The first kappa shape index (κ1) is 17.7. The lowest BCUT2D eigenvalue weighted by Crippen LogP contribution is -2.09. The number of anilines is 1. The Hall–Kier alpha value is -1.65. The lowest BCUT2D eigenvalue weighted by molar-refractivity contribution is 0.609. The fourth-order valence-electron chi connectivity index (χ4n) is 1.62. The van der Waals surface area contributed by atoms with Crippen molar-refractivity contribution in [3.8, 4) is 5.40 Å². The summed E-state index contributed by atoms with van der Waals surface area (Å²) in [7, 11) is -3.71. The number of halogens is 2. The number of rotatable bonds is 5. The minimum absolute atomic E-state index is 0.216. The van der Waals surface area contributed by atoms with E-state index in [1.165, 1.54) is 18.2 Å². The van der Waals surface area contributed by atoms with Crippen LogP contribution in [0.4, 0.5) is 5.69 Å². The van der Waals surface area contributed by atoms with Gasteiger partial charge in [-0.25, -0.2) is 8.42 Å². The molecule has 2 aromatic rings. The van der Waals surface area contributed by atoms with Gasteiger partial charge in [-0.05, 0) is 53.7 Å². The van der Waals surface area contributed by atoms with E-state index in [1.807, 2.05) is 5.40 Å². The van der Waals surface area contributed by atoms with Crippen LogP contribution in [0.15, 0.2) is 52.8 Å². The van der Waals surface area contributed by atoms with Crippen LogP contribution in [0.5, 0.6) is 0 Å². The number of hydrogen-bond donors (Lipinski definition) is 1. The van der Waals surface area contributed by atoms with Crippen molar-refractivity contribution in [1.29, 1.82) is 5.26 Å². The Morgan fingerprint density at radius 2 is 1.83 bits per heavy atom. The summed E-state index contributed by atoms with van der Waals surface area (Å²) in [6, 6.07) is 11.4. The number of benzene rings is 2. The smallest absolute Gasteiger partial charge is 0.255 e. The van der Waals surface area contributed by atoms with E-state index in [0.29, 0.717) is 15.5 Å². The highest BCUT2D eigenvalue weighted by Crippen LogP contribution is 2.28. The van der Waals surface area contributed by atoms with E-state index in [9.17, 15) is 8.42 Å². The largest absolute Gasteiger partial charge is 0.279 e. The van der Waals surface area contributed by atoms with Gasteiger partial charge in [0.25, 0.3) is 10.0 Å². The van der Waals surface area contributed by atoms with Crippen molar-refractivity contribution in [2.75, 3.05) is 4.72 Å². The Kier molecular flexibility index (Phi) is 5.97. The van der Waals surface area contributed by atoms with Crippen LogP contribution in [0.25, 0.3) is 6.08 Å². The van der Waals surface area contributed by atoms with Crippen molar-refractivity contribution in [3.05, 3.63) is 63.5 Å². The molecule has 4 nitrogen and oxygen atoms in total. The van der Waals surface area contributed by atoms with Gasteiger partial charge >= 0.3 is 0 Å². The molecule has 0 amide bonds. The minimum atomic E-state index is -3.71. The van der Waals surface area contributed by atoms with Crippen LogP contribution in [0.3, 0.4) is 0 Å². The second kappa shape index (κ2) is 7.75. The molecule has 0 saturated heterocycles. The Labute approximate surface area is 148 Å². The molecule has 23 heavy (non-hydrogen) atoms. The second-order valence-corrected chi connectivity index (χ2v) is 7.60. The maximum Gasteiger partial charge on any atom is 0.255 e. The highest BCUT2D eigenvalue weighted by atomic mass is 35.5. The maximum atomic E-state index is 12.1. The van der Waals surface area contributed by atoms with Crippen LogP contribution in [0.2, 0.25) is 10.0 Å². The molecule has 1 N–H and O–H groups in total. The van der Waals surface area contributed by atoms with Crippen LogP contribution in [0, 0.1) is 10.7 Å². The molecule has 0 atom stereocenters. The van der Waals surface area contributed by atoms with Gasteiger partial charge in [0.1, 0.15) is 5.40 Å². The Balaban J connectivity index is 2.15. The minimum Gasteiger partial charge on any atom is -0.279 e. The van der Waals surface area contributed by atoms with Crippen LogP contribution < -0.4 is 4.72 Å². The van der Waals surface area contributed by atoms with Crippen LogP contribution in [-0.4, -0.2) is 8.42 Å². The molecule has 0 aliphatic heterocycles. The van der Waals surface area contributed by atoms with Crippen molar-refractivity contribution < 1.29 is 8.42 Å². The number of thioether (sulfide) groups is 1. The molecule has 0 spiro atoms. The summed E-state index contributed by atoms with van der Waals surface area (Å²) in [5.41, 5.74) is 0.946. The summed E-state index contributed by atoms with van der Waals surface area (Å²) >= 11 is 12.7. The number of nitrogens with one attached hydrogen (secondary N) is 1. The molecule has 0 radical (unpaired) electrons. The van der Waals surface area contributed by atoms with Gasteiger partial charge in [0.2, 0.25) is 0 Å². The number of nitriles is 1. The SMILES string of the molecule is N#CSc1ccc(NS(=O)(=O)C=Cc2ccc(Cl)cc2)c(Cl)c1. The highest BCUT2D eigenvalue weighted by molar-refractivity contribution is 8.03. The molecule has 2 rings (SSSR count). The van der Waals surface area contributed by atoms with Gasteiger partial charge in [-0.2, -0.15) is 5.26 Å². The maximum absolute atomic E-state index is 12.1. The molecule has 0 aliphatic rings. The molecule has 0 aliphatic carbocycles. The predicted molar refractivity (Wildman–Crippen MR) is 96.0 cm³/mol. The summed E-state index contributed by atoms with van der Waals surface area (Å²) in [4.78, 5) is 0.636. The molecule has 0 fully saturated rings. The zero-order chi connectivity index (χ0) is 16.9. The summed E-state index contributed by atoms with van der Waals surface area (Å²) < 4.78 is 26.5. The summed E-state index contributed by atoms with van der Waals surface area (Å²) in [5, 5.41) is 12.4. The van der Waals surface area contributed by atoms with Gasteiger partial charge in [-0.1, -0.05) is 35.3 Å². The standard InChI is InChI=1S/C15H10Cl2N2O2S2/c16-12-3-1-11(2-4-12)7-8-23(20,21)19-15-6-5-13(22-10-18)9-14(15)17/h1-9,19H.